The van der Waals surface area contributed by atoms with Crippen molar-refractivity contribution in [1.82, 2.24) is 14.5 Å². The van der Waals surface area contributed by atoms with E-state index in [2.05, 4.69) is 9.62 Å². The number of carbonyl (C=O) groups is 1. The lowest BCUT2D eigenvalue weighted by Gasteiger charge is -2.26. The van der Waals surface area contributed by atoms with Crippen LogP contribution in [0.1, 0.15) is 36.0 Å². The molecule has 0 atom stereocenters. The van der Waals surface area contributed by atoms with Crippen LogP contribution in [0.5, 0.6) is 0 Å². The number of sulfonamides is 1. The molecule has 1 N–H and O–H groups in total. The molecule has 2 heterocycles. The molecule has 3 rings (SSSR count). The van der Waals surface area contributed by atoms with E-state index < -0.39 is 10.0 Å². The van der Waals surface area contributed by atoms with Crippen molar-refractivity contribution in [1.29, 1.82) is 0 Å². The molecular formula is C19H29N3O4S. The molecule has 2 saturated heterocycles. The second-order valence-electron chi connectivity index (χ2n) is 7.08. The van der Waals surface area contributed by atoms with E-state index in [1.165, 1.54) is 12.1 Å². The van der Waals surface area contributed by atoms with Gasteiger partial charge < -0.3 is 9.64 Å². The zero-order valence-electron chi connectivity index (χ0n) is 15.7. The fraction of sp³-hybridized carbons (Fsp3) is 0.632. The van der Waals surface area contributed by atoms with Crippen molar-refractivity contribution in [2.24, 2.45) is 0 Å². The van der Waals surface area contributed by atoms with E-state index >= 15 is 0 Å². The maximum Gasteiger partial charge on any atom is 0.253 e. The van der Waals surface area contributed by atoms with Crippen LogP contribution in [0.2, 0.25) is 0 Å². The summed E-state index contributed by atoms with van der Waals surface area (Å²) in [5.41, 5.74) is 0.546. The first kappa shape index (κ1) is 20.3. The van der Waals surface area contributed by atoms with Crippen molar-refractivity contribution in [3.8, 4) is 0 Å². The fourth-order valence-electron chi connectivity index (χ4n) is 3.48. The summed E-state index contributed by atoms with van der Waals surface area (Å²) >= 11 is 0. The monoisotopic (exact) mass is 395 g/mol. The number of hydrogen-bond donors (Lipinski definition) is 1. The maximum absolute atomic E-state index is 12.6. The van der Waals surface area contributed by atoms with Crippen LogP contribution in [0.15, 0.2) is 29.2 Å². The largest absolute Gasteiger partial charge is 0.379 e. The number of likely N-dealkylation sites (tertiary alicyclic amines) is 1. The smallest absolute Gasteiger partial charge is 0.253 e. The summed E-state index contributed by atoms with van der Waals surface area (Å²) in [6.07, 6.45) is 4.39. The molecule has 0 saturated carbocycles. The lowest BCUT2D eigenvalue weighted by atomic mass is 10.2. The predicted molar refractivity (Wildman–Crippen MR) is 103 cm³/mol. The summed E-state index contributed by atoms with van der Waals surface area (Å²) in [6.45, 7) is 5.62. The number of carbonyl (C=O) groups excluding carboxylic acids is 1. The molecular weight excluding hydrogens is 366 g/mol. The van der Waals surface area contributed by atoms with E-state index in [1.54, 1.807) is 12.1 Å². The minimum atomic E-state index is -3.57. The summed E-state index contributed by atoms with van der Waals surface area (Å²) in [6, 6.07) is 6.26. The number of amides is 1. The number of nitrogens with zero attached hydrogens (tertiary/aromatic N) is 2. The standard InChI is InChI=1S/C19H29N3O4S/c23-19(22-10-3-1-2-4-11-22)17-5-7-18(8-6-17)27(24,25)20-9-12-21-13-15-26-16-14-21/h5-8,20H,1-4,9-16H2. The van der Waals surface area contributed by atoms with Gasteiger partial charge in [-0.2, -0.15) is 0 Å². The highest BCUT2D eigenvalue weighted by Crippen LogP contribution is 2.16. The SMILES string of the molecule is O=C(c1ccc(S(=O)(=O)NCCN2CCOCC2)cc1)N1CCCCCC1. The molecule has 1 aromatic rings. The van der Waals surface area contributed by atoms with Gasteiger partial charge in [0.2, 0.25) is 10.0 Å². The van der Waals surface area contributed by atoms with Gasteiger partial charge in [-0.1, -0.05) is 12.8 Å². The van der Waals surface area contributed by atoms with Gasteiger partial charge in [0.25, 0.3) is 5.91 Å². The number of morpholine rings is 1. The van der Waals surface area contributed by atoms with Crippen molar-refractivity contribution < 1.29 is 17.9 Å². The summed E-state index contributed by atoms with van der Waals surface area (Å²) in [5.74, 6) is -0.0128. The Bertz CT molecular complexity index is 707. The molecule has 0 unspecified atom stereocenters. The van der Waals surface area contributed by atoms with Crippen molar-refractivity contribution >= 4 is 15.9 Å². The average Bonchev–Trinajstić information content (AvgIpc) is 2.98. The Kier molecular flexibility index (Phi) is 7.23. The third-order valence-electron chi connectivity index (χ3n) is 5.13. The van der Waals surface area contributed by atoms with Crippen LogP contribution in [0.3, 0.4) is 0 Å². The van der Waals surface area contributed by atoms with Gasteiger partial charge in [0.15, 0.2) is 0 Å². The lowest BCUT2D eigenvalue weighted by molar-refractivity contribution is 0.0390. The molecule has 0 aliphatic carbocycles. The summed E-state index contributed by atoms with van der Waals surface area (Å²) in [4.78, 5) is 16.8. The number of benzene rings is 1. The van der Waals surface area contributed by atoms with E-state index in [9.17, 15) is 13.2 Å². The van der Waals surface area contributed by atoms with Crippen LogP contribution in [-0.4, -0.2) is 76.6 Å². The Morgan fingerprint density at radius 3 is 2.22 bits per heavy atom. The van der Waals surface area contributed by atoms with E-state index in [4.69, 9.17) is 4.74 Å². The van der Waals surface area contributed by atoms with Gasteiger partial charge in [-0.05, 0) is 37.1 Å². The van der Waals surface area contributed by atoms with Crippen LogP contribution in [0, 0.1) is 0 Å². The van der Waals surface area contributed by atoms with E-state index in [0.29, 0.717) is 31.9 Å². The Labute approximate surface area is 161 Å². The Hall–Kier alpha value is -1.48. The molecule has 0 radical (unpaired) electrons. The molecule has 2 aliphatic heterocycles. The first-order valence-electron chi connectivity index (χ1n) is 9.75. The second kappa shape index (κ2) is 9.64. The molecule has 150 valence electrons. The minimum Gasteiger partial charge on any atom is -0.379 e. The Morgan fingerprint density at radius 1 is 0.963 bits per heavy atom. The lowest BCUT2D eigenvalue weighted by Crippen LogP contribution is -2.41. The van der Waals surface area contributed by atoms with E-state index in [1.807, 2.05) is 4.90 Å². The first-order chi connectivity index (χ1) is 13.1. The van der Waals surface area contributed by atoms with E-state index in [-0.39, 0.29) is 10.8 Å². The molecule has 8 heteroatoms. The van der Waals surface area contributed by atoms with Crippen LogP contribution >= 0.6 is 0 Å². The minimum absolute atomic E-state index is 0.0128. The third kappa shape index (κ3) is 5.75. The van der Waals surface area contributed by atoms with Gasteiger partial charge in [-0.25, -0.2) is 13.1 Å². The number of ether oxygens (including phenoxy) is 1. The predicted octanol–water partition coefficient (Wildman–Crippen LogP) is 1.31. The maximum atomic E-state index is 12.6. The molecule has 1 aromatic carbocycles. The van der Waals surface area contributed by atoms with E-state index in [0.717, 1.165) is 51.9 Å². The molecule has 0 aromatic heterocycles. The van der Waals surface area contributed by atoms with Crippen molar-refractivity contribution in [2.75, 3.05) is 52.5 Å². The summed E-state index contributed by atoms with van der Waals surface area (Å²) in [7, 11) is -3.57. The highest BCUT2D eigenvalue weighted by Gasteiger charge is 2.19. The van der Waals surface area contributed by atoms with Gasteiger partial charge in [0.05, 0.1) is 18.1 Å². The zero-order chi connectivity index (χ0) is 19.1. The van der Waals surface area contributed by atoms with Crippen molar-refractivity contribution in [3.05, 3.63) is 29.8 Å². The molecule has 27 heavy (non-hydrogen) atoms. The Morgan fingerprint density at radius 2 is 1.59 bits per heavy atom. The first-order valence-corrected chi connectivity index (χ1v) is 11.2. The molecule has 0 bridgehead atoms. The molecule has 2 fully saturated rings. The quantitative estimate of drug-likeness (QED) is 0.786. The normalized spacial score (nSPS) is 19.6. The molecule has 1 amide bonds. The molecule has 2 aliphatic rings. The highest BCUT2D eigenvalue weighted by molar-refractivity contribution is 7.89. The molecule has 7 nitrogen and oxygen atoms in total. The van der Waals surface area contributed by atoms with Gasteiger partial charge in [-0.3, -0.25) is 9.69 Å². The van der Waals surface area contributed by atoms with Crippen LogP contribution < -0.4 is 4.72 Å². The van der Waals surface area contributed by atoms with Crippen LogP contribution in [0.4, 0.5) is 0 Å². The topological polar surface area (TPSA) is 79.0 Å². The number of nitrogens with one attached hydrogen (secondary N) is 1. The summed E-state index contributed by atoms with van der Waals surface area (Å²) < 4.78 is 32.8. The van der Waals surface area contributed by atoms with Gasteiger partial charge in [-0.15, -0.1) is 0 Å². The van der Waals surface area contributed by atoms with Gasteiger partial charge in [0.1, 0.15) is 0 Å². The van der Waals surface area contributed by atoms with Crippen LogP contribution in [0.25, 0.3) is 0 Å². The van der Waals surface area contributed by atoms with Crippen LogP contribution in [-0.2, 0) is 14.8 Å². The Balaban J connectivity index is 1.55. The van der Waals surface area contributed by atoms with Gasteiger partial charge in [0, 0.05) is 44.8 Å². The molecule has 0 spiro atoms. The van der Waals surface area contributed by atoms with Crippen molar-refractivity contribution in [2.45, 2.75) is 30.6 Å². The third-order valence-corrected chi connectivity index (χ3v) is 6.61. The average molecular weight is 396 g/mol. The second-order valence-corrected chi connectivity index (χ2v) is 8.85. The fourth-order valence-corrected chi connectivity index (χ4v) is 4.50. The highest BCUT2D eigenvalue weighted by atomic mass is 32.2. The van der Waals surface area contributed by atoms with Gasteiger partial charge >= 0.3 is 0 Å². The summed E-state index contributed by atoms with van der Waals surface area (Å²) in [5, 5.41) is 0. The number of hydrogen-bond acceptors (Lipinski definition) is 5. The van der Waals surface area contributed by atoms with Crippen molar-refractivity contribution in [3.63, 3.8) is 0 Å². The number of rotatable bonds is 6. The zero-order valence-corrected chi connectivity index (χ0v) is 16.5.